The van der Waals surface area contributed by atoms with Gasteiger partial charge in [-0.2, -0.15) is 0 Å². The molecule has 1 aromatic heterocycles. The molecule has 1 aromatic rings. The van der Waals surface area contributed by atoms with E-state index in [2.05, 4.69) is 9.88 Å². The van der Waals surface area contributed by atoms with E-state index in [1.807, 2.05) is 6.92 Å². The summed E-state index contributed by atoms with van der Waals surface area (Å²) in [5, 5.41) is 0. The number of morpholine rings is 1. The summed E-state index contributed by atoms with van der Waals surface area (Å²) in [7, 11) is 0. The average molecular weight is 289 g/mol. The van der Waals surface area contributed by atoms with Crippen molar-refractivity contribution in [1.29, 1.82) is 0 Å². The van der Waals surface area contributed by atoms with Crippen molar-refractivity contribution in [3.63, 3.8) is 0 Å². The molecule has 2 aliphatic heterocycles. The average Bonchev–Trinajstić information content (AvgIpc) is 2.88. The molecule has 0 aliphatic carbocycles. The van der Waals surface area contributed by atoms with Gasteiger partial charge in [-0.15, -0.1) is 11.3 Å². The van der Waals surface area contributed by atoms with Crippen molar-refractivity contribution < 1.29 is 9.47 Å². The third kappa shape index (κ3) is 2.56. The van der Waals surface area contributed by atoms with Crippen LogP contribution in [0.5, 0.6) is 0 Å². The number of hydrogen-bond acceptors (Lipinski definition) is 5. The smallest absolute Gasteiger partial charge is 0.184 e. The first kappa shape index (κ1) is 12.8. The molecule has 1 unspecified atom stereocenters. The standard InChI is InChI=1S/C12H17ClN2O2S/c1-9-10(18-11(13)14-9)6-15-3-5-17-12(7-15)2-4-16-8-12/h2-8H2,1H3. The van der Waals surface area contributed by atoms with Gasteiger partial charge in [0.2, 0.25) is 0 Å². The minimum atomic E-state index is -0.0688. The van der Waals surface area contributed by atoms with Crippen LogP contribution >= 0.6 is 22.9 Å². The lowest BCUT2D eigenvalue weighted by Gasteiger charge is -2.39. The monoisotopic (exact) mass is 288 g/mol. The molecule has 2 saturated heterocycles. The predicted octanol–water partition coefficient (Wildman–Crippen LogP) is 2.10. The maximum absolute atomic E-state index is 5.95. The Morgan fingerprint density at radius 2 is 2.39 bits per heavy atom. The summed E-state index contributed by atoms with van der Waals surface area (Å²) >= 11 is 7.53. The quantitative estimate of drug-likeness (QED) is 0.835. The van der Waals surface area contributed by atoms with Gasteiger partial charge in [0.15, 0.2) is 4.47 Å². The Kier molecular flexibility index (Phi) is 3.60. The second-order valence-corrected chi connectivity index (χ2v) is 6.69. The fourth-order valence-corrected chi connectivity index (χ4v) is 3.86. The molecule has 2 fully saturated rings. The fraction of sp³-hybridized carbons (Fsp3) is 0.750. The Labute approximate surface area is 116 Å². The van der Waals surface area contributed by atoms with E-state index >= 15 is 0 Å². The molecular weight excluding hydrogens is 272 g/mol. The first-order chi connectivity index (χ1) is 8.67. The van der Waals surface area contributed by atoms with Crippen LogP contribution in [0.4, 0.5) is 0 Å². The highest BCUT2D eigenvalue weighted by atomic mass is 35.5. The second kappa shape index (κ2) is 5.06. The third-order valence-electron chi connectivity index (χ3n) is 3.63. The van der Waals surface area contributed by atoms with Crippen LogP contribution in [0, 0.1) is 6.92 Å². The summed E-state index contributed by atoms with van der Waals surface area (Å²) in [6.45, 7) is 7.19. The SMILES string of the molecule is Cc1nc(Cl)sc1CN1CCOC2(CCOC2)C1. The van der Waals surface area contributed by atoms with E-state index in [1.54, 1.807) is 11.3 Å². The Balaban J connectivity index is 1.67. The number of aryl methyl sites for hydroxylation is 1. The molecular formula is C12H17ClN2O2S. The van der Waals surface area contributed by atoms with Gasteiger partial charge in [0.05, 0.1) is 18.9 Å². The van der Waals surface area contributed by atoms with Crippen LogP contribution in [0.15, 0.2) is 0 Å². The normalized spacial score (nSPS) is 29.2. The Hall–Kier alpha value is -0.200. The van der Waals surface area contributed by atoms with Crippen LogP contribution in [-0.2, 0) is 16.0 Å². The zero-order valence-electron chi connectivity index (χ0n) is 10.4. The fourth-order valence-electron chi connectivity index (χ4n) is 2.63. The highest BCUT2D eigenvalue weighted by Gasteiger charge is 2.40. The van der Waals surface area contributed by atoms with Gasteiger partial charge in [-0.3, -0.25) is 4.90 Å². The van der Waals surface area contributed by atoms with Gasteiger partial charge in [0, 0.05) is 37.5 Å². The van der Waals surface area contributed by atoms with Crippen LogP contribution in [0.2, 0.25) is 4.47 Å². The van der Waals surface area contributed by atoms with Crippen LogP contribution in [0.1, 0.15) is 17.0 Å². The molecule has 3 rings (SSSR count). The molecule has 0 bridgehead atoms. The van der Waals surface area contributed by atoms with Gasteiger partial charge in [-0.1, -0.05) is 11.6 Å². The van der Waals surface area contributed by atoms with E-state index in [0.717, 1.165) is 51.6 Å². The molecule has 2 aliphatic rings. The lowest BCUT2D eigenvalue weighted by Crippen LogP contribution is -2.51. The van der Waals surface area contributed by atoms with Crippen molar-refractivity contribution in [2.75, 3.05) is 32.9 Å². The number of ether oxygens (including phenoxy) is 2. The number of hydrogen-bond donors (Lipinski definition) is 0. The van der Waals surface area contributed by atoms with Crippen LogP contribution in [-0.4, -0.2) is 48.4 Å². The van der Waals surface area contributed by atoms with Crippen molar-refractivity contribution in [1.82, 2.24) is 9.88 Å². The number of halogens is 1. The highest BCUT2D eigenvalue weighted by molar-refractivity contribution is 7.15. The molecule has 3 heterocycles. The number of nitrogens with zero attached hydrogens (tertiary/aromatic N) is 2. The van der Waals surface area contributed by atoms with Gasteiger partial charge in [0.25, 0.3) is 0 Å². The topological polar surface area (TPSA) is 34.6 Å². The third-order valence-corrected chi connectivity index (χ3v) is 4.88. The van der Waals surface area contributed by atoms with Gasteiger partial charge >= 0.3 is 0 Å². The van der Waals surface area contributed by atoms with Gasteiger partial charge < -0.3 is 9.47 Å². The number of thiazole rings is 1. The molecule has 100 valence electrons. The van der Waals surface area contributed by atoms with Gasteiger partial charge in [-0.25, -0.2) is 4.98 Å². The van der Waals surface area contributed by atoms with Gasteiger partial charge in [0.1, 0.15) is 5.60 Å². The maximum Gasteiger partial charge on any atom is 0.184 e. The molecule has 0 saturated carbocycles. The summed E-state index contributed by atoms with van der Waals surface area (Å²) < 4.78 is 12.0. The Morgan fingerprint density at radius 3 is 3.06 bits per heavy atom. The summed E-state index contributed by atoms with van der Waals surface area (Å²) in [6.07, 6.45) is 1.01. The molecule has 6 heteroatoms. The lowest BCUT2D eigenvalue weighted by molar-refractivity contribution is -0.111. The van der Waals surface area contributed by atoms with Crippen molar-refractivity contribution >= 4 is 22.9 Å². The molecule has 1 spiro atoms. The highest BCUT2D eigenvalue weighted by Crippen LogP contribution is 2.30. The van der Waals surface area contributed by atoms with Crippen molar-refractivity contribution in [3.05, 3.63) is 15.0 Å². The lowest BCUT2D eigenvalue weighted by atomic mass is 10.0. The first-order valence-corrected chi connectivity index (χ1v) is 7.42. The minimum Gasteiger partial charge on any atom is -0.378 e. The molecule has 0 amide bonds. The molecule has 1 atom stereocenters. The van der Waals surface area contributed by atoms with Crippen molar-refractivity contribution in [2.45, 2.75) is 25.5 Å². The Morgan fingerprint density at radius 1 is 1.50 bits per heavy atom. The number of aromatic nitrogens is 1. The molecule has 4 nitrogen and oxygen atoms in total. The second-order valence-electron chi connectivity index (χ2n) is 5.02. The summed E-state index contributed by atoms with van der Waals surface area (Å²) in [5.41, 5.74) is 0.980. The number of rotatable bonds is 2. The summed E-state index contributed by atoms with van der Waals surface area (Å²) in [4.78, 5) is 7.95. The summed E-state index contributed by atoms with van der Waals surface area (Å²) in [6, 6.07) is 0. The van der Waals surface area contributed by atoms with E-state index in [0.29, 0.717) is 4.47 Å². The molecule has 0 radical (unpaired) electrons. The Bertz CT molecular complexity index is 432. The predicted molar refractivity (Wildman–Crippen MR) is 71.3 cm³/mol. The van der Waals surface area contributed by atoms with Gasteiger partial charge in [-0.05, 0) is 6.92 Å². The van der Waals surface area contributed by atoms with Crippen molar-refractivity contribution in [3.8, 4) is 0 Å². The first-order valence-electron chi connectivity index (χ1n) is 6.23. The molecule has 0 aromatic carbocycles. The van der Waals surface area contributed by atoms with Crippen LogP contribution in [0.25, 0.3) is 0 Å². The summed E-state index contributed by atoms with van der Waals surface area (Å²) in [5.74, 6) is 0. The molecule has 0 N–H and O–H groups in total. The van der Waals surface area contributed by atoms with Crippen LogP contribution < -0.4 is 0 Å². The molecule has 18 heavy (non-hydrogen) atoms. The largest absolute Gasteiger partial charge is 0.378 e. The van der Waals surface area contributed by atoms with E-state index in [-0.39, 0.29) is 5.60 Å². The maximum atomic E-state index is 5.95. The van der Waals surface area contributed by atoms with Crippen molar-refractivity contribution in [2.24, 2.45) is 0 Å². The zero-order valence-corrected chi connectivity index (χ0v) is 12.0. The van der Waals surface area contributed by atoms with E-state index in [1.165, 1.54) is 4.88 Å². The van der Waals surface area contributed by atoms with E-state index in [9.17, 15) is 0 Å². The van der Waals surface area contributed by atoms with E-state index < -0.39 is 0 Å². The minimum absolute atomic E-state index is 0.0688. The van der Waals surface area contributed by atoms with E-state index in [4.69, 9.17) is 21.1 Å². The van der Waals surface area contributed by atoms with Crippen LogP contribution in [0.3, 0.4) is 0 Å². The zero-order chi connectivity index (χ0) is 12.6.